The summed E-state index contributed by atoms with van der Waals surface area (Å²) in [7, 11) is 0. The summed E-state index contributed by atoms with van der Waals surface area (Å²) in [5.74, 6) is 0.644. The van der Waals surface area contributed by atoms with Crippen molar-refractivity contribution in [3.63, 3.8) is 0 Å². The van der Waals surface area contributed by atoms with Crippen molar-refractivity contribution in [1.29, 1.82) is 0 Å². The molecule has 3 aliphatic rings. The molecule has 0 unspecified atom stereocenters. The Morgan fingerprint density at radius 1 is 1.03 bits per heavy atom. The Hall–Kier alpha value is -2.42. The maximum atomic E-state index is 12.8. The third kappa shape index (κ3) is 8.29. The van der Waals surface area contributed by atoms with Crippen molar-refractivity contribution >= 4 is 36.6 Å². The molecule has 1 atom stereocenters. The molecule has 1 N–H and O–H groups in total. The Bertz CT molecular complexity index is 1080. The smallest absolute Gasteiger partial charge is 0.387 e. The van der Waals surface area contributed by atoms with Gasteiger partial charge in [-0.3, -0.25) is 9.59 Å². The van der Waals surface area contributed by atoms with Crippen LogP contribution in [0.25, 0.3) is 0 Å². The first-order valence-electron chi connectivity index (χ1n) is 13.3. The van der Waals surface area contributed by atoms with Gasteiger partial charge in [0.25, 0.3) is 0 Å². The van der Waals surface area contributed by atoms with Gasteiger partial charge in [-0.2, -0.15) is 8.78 Å². The highest BCUT2D eigenvalue weighted by Gasteiger charge is 2.44. The van der Waals surface area contributed by atoms with Gasteiger partial charge in [-0.15, -0.1) is 24.8 Å². The van der Waals surface area contributed by atoms with Crippen LogP contribution in [0.15, 0.2) is 54.6 Å². The highest BCUT2D eigenvalue weighted by molar-refractivity contribution is 5.85. The topological polar surface area (TPSA) is 61.9 Å². The van der Waals surface area contributed by atoms with Crippen molar-refractivity contribution in [2.24, 2.45) is 11.3 Å². The largest absolute Gasteiger partial charge is 0.435 e. The van der Waals surface area contributed by atoms with E-state index < -0.39 is 6.61 Å². The number of carbonyl (C=O) groups excluding carboxylic acids is 2. The summed E-state index contributed by atoms with van der Waals surface area (Å²) in [6.45, 7) is 1.17. The first-order chi connectivity index (χ1) is 17.9. The van der Waals surface area contributed by atoms with E-state index in [0.717, 1.165) is 69.4 Å². The van der Waals surface area contributed by atoms with E-state index in [0.29, 0.717) is 13.0 Å². The number of likely N-dealkylation sites (tertiary alicyclic amines) is 2. The number of rotatable bonds is 10. The average Bonchev–Trinajstić information content (AvgIpc) is 3.70. The molecule has 2 aromatic carbocycles. The molecule has 2 amide bonds. The van der Waals surface area contributed by atoms with Gasteiger partial charge in [0.2, 0.25) is 11.8 Å². The molecule has 2 heterocycles. The number of piperidine rings is 1. The molecule has 3 fully saturated rings. The molecule has 0 radical (unpaired) electrons. The normalized spacial score (nSPS) is 19.4. The van der Waals surface area contributed by atoms with Gasteiger partial charge in [-0.05, 0) is 73.9 Å². The van der Waals surface area contributed by atoms with Crippen LogP contribution in [0.3, 0.4) is 0 Å². The number of halogens is 4. The van der Waals surface area contributed by atoms with E-state index in [4.69, 9.17) is 0 Å². The van der Waals surface area contributed by atoms with Crippen molar-refractivity contribution < 1.29 is 23.1 Å². The summed E-state index contributed by atoms with van der Waals surface area (Å²) in [6.07, 6.45) is 5.37. The number of amides is 2. The molecular formula is C29H37Cl2F2N3O3. The standard InChI is InChI=1S/C29H35F2N3O3.2ClH/c30-28(31)37-24-10-6-21(7-11-24)19-34-20-29(18-26(34)35)13-16-33(17-14-29)15-12-25(22-4-2-1-3-5-22)32-27(36)23-8-9-23;;/h1-7,10-11,23,25,28H,8-9,12-20H2,(H,32,36);2*1H/t25-;;/m0../s1. The van der Waals surface area contributed by atoms with Gasteiger partial charge >= 0.3 is 6.61 Å². The fourth-order valence-corrected chi connectivity index (χ4v) is 5.66. The number of alkyl halides is 2. The second kappa shape index (κ2) is 13.8. The Labute approximate surface area is 241 Å². The summed E-state index contributed by atoms with van der Waals surface area (Å²) in [5, 5.41) is 3.27. The lowest BCUT2D eigenvalue weighted by atomic mass is 9.77. The minimum absolute atomic E-state index is 0. The summed E-state index contributed by atoms with van der Waals surface area (Å²) in [5.41, 5.74) is 2.06. The fraction of sp³-hybridized carbons (Fsp3) is 0.517. The SMILES string of the molecule is Cl.Cl.O=C(N[C@@H](CCN1CCC2(CC1)CC(=O)N(Cc1ccc(OC(F)F)cc1)C2)c1ccccc1)C1CC1. The van der Waals surface area contributed by atoms with Crippen LogP contribution in [-0.2, 0) is 16.1 Å². The molecule has 5 rings (SSSR count). The first kappa shape index (κ1) is 31.1. The molecule has 6 nitrogen and oxygen atoms in total. The number of hydrogen-bond donors (Lipinski definition) is 1. The van der Waals surface area contributed by atoms with Gasteiger partial charge < -0.3 is 19.9 Å². The second-order valence-corrected chi connectivity index (χ2v) is 10.8. The number of hydrogen-bond acceptors (Lipinski definition) is 4. The Kier molecular flexibility index (Phi) is 11.0. The molecule has 39 heavy (non-hydrogen) atoms. The molecule has 10 heteroatoms. The monoisotopic (exact) mass is 583 g/mol. The van der Waals surface area contributed by atoms with Gasteiger partial charge in [-0.25, -0.2) is 0 Å². The number of benzene rings is 2. The lowest BCUT2D eigenvalue weighted by molar-refractivity contribution is -0.128. The molecule has 2 aromatic rings. The highest BCUT2D eigenvalue weighted by Crippen LogP contribution is 2.41. The third-order valence-electron chi connectivity index (χ3n) is 8.04. The zero-order chi connectivity index (χ0) is 25.8. The van der Waals surface area contributed by atoms with E-state index in [9.17, 15) is 18.4 Å². The van der Waals surface area contributed by atoms with Crippen molar-refractivity contribution in [1.82, 2.24) is 15.1 Å². The molecule has 1 spiro atoms. The van der Waals surface area contributed by atoms with E-state index in [1.54, 1.807) is 12.1 Å². The van der Waals surface area contributed by atoms with Gasteiger partial charge in [0.1, 0.15) is 5.75 Å². The van der Waals surface area contributed by atoms with Crippen molar-refractivity contribution in [2.75, 3.05) is 26.2 Å². The summed E-state index contributed by atoms with van der Waals surface area (Å²) >= 11 is 0. The third-order valence-corrected chi connectivity index (χ3v) is 8.04. The van der Waals surface area contributed by atoms with Crippen LogP contribution < -0.4 is 10.1 Å². The highest BCUT2D eigenvalue weighted by atomic mass is 35.5. The molecule has 2 aliphatic heterocycles. The number of nitrogens with one attached hydrogen (secondary N) is 1. The van der Waals surface area contributed by atoms with Crippen molar-refractivity contribution in [3.05, 3.63) is 65.7 Å². The second-order valence-electron chi connectivity index (χ2n) is 10.8. The Balaban J connectivity index is 0.00000210. The molecule has 1 saturated carbocycles. The predicted molar refractivity (Wildman–Crippen MR) is 150 cm³/mol. The van der Waals surface area contributed by atoms with Crippen molar-refractivity contribution in [2.45, 2.75) is 57.7 Å². The number of carbonyl (C=O) groups is 2. The van der Waals surface area contributed by atoms with Crippen LogP contribution in [0.5, 0.6) is 5.75 Å². The van der Waals surface area contributed by atoms with Gasteiger partial charge in [0.05, 0.1) is 6.04 Å². The summed E-state index contributed by atoms with van der Waals surface area (Å²) in [4.78, 5) is 29.7. The summed E-state index contributed by atoms with van der Waals surface area (Å²) in [6, 6.07) is 16.7. The van der Waals surface area contributed by atoms with Gasteiger partial charge in [0.15, 0.2) is 0 Å². The predicted octanol–water partition coefficient (Wildman–Crippen LogP) is 5.60. The van der Waals surface area contributed by atoms with Gasteiger partial charge in [0, 0.05) is 32.0 Å². The van der Waals surface area contributed by atoms with E-state index >= 15 is 0 Å². The molecule has 214 valence electrons. The first-order valence-corrected chi connectivity index (χ1v) is 13.3. The lowest BCUT2D eigenvalue weighted by Gasteiger charge is -2.39. The van der Waals surface area contributed by atoms with Crippen LogP contribution in [0.2, 0.25) is 0 Å². The maximum Gasteiger partial charge on any atom is 0.387 e. The van der Waals surface area contributed by atoms with Crippen LogP contribution in [0, 0.1) is 11.3 Å². The fourth-order valence-electron chi connectivity index (χ4n) is 5.66. The average molecular weight is 585 g/mol. The minimum atomic E-state index is -2.84. The maximum absolute atomic E-state index is 12.8. The van der Waals surface area contributed by atoms with Crippen LogP contribution in [0.1, 0.15) is 55.7 Å². The number of ether oxygens (including phenoxy) is 1. The molecule has 0 bridgehead atoms. The molecule has 1 aliphatic carbocycles. The number of nitrogens with zero attached hydrogens (tertiary/aromatic N) is 2. The minimum Gasteiger partial charge on any atom is -0.435 e. The molecule has 0 aromatic heterocycles. The zero-order valence-corrected chi connectivity index (χ0v) is 23.5. The van der Waals surface area contributed by atoms with Crippen LogP contribution in [0.4, 0.5) is 8.78 Å². The Morgan fingerprint density at radius 3 is 2.31 bits per heavy atom. The molecule has 2 saturated heterocycles. The van der Waals surface area contributed by atoms with Crippen LogP contribution in [-0.4, -0.2) is 54.4 Å². The van der Waals surface area contributed by atoms with E-state index in [1.165, 1.54) is 12.1 Å². The summed E-state index contributed by atoms with van der Waals surface area (Å²) < 4.78 is 29.2. The lowest BCUT2D eigenvalue weighted by Crippen LogP contribution is -2.42. The van der Waals surface area contributed by atoms with Crippen LogP contribution >= 0.6 is 24.8 Å². The van der Waals surface area contributed by atoms with E-state index in [1.807, 2.05) is 23.1 Å². The van der Waals surface area contributed by atoms with E-state index in [2.05, 4.69) is 27.1 Å². The quantitative estimate of drug-likeness (QED) is 0.395. The van der Waals surface area contributed by atoms with E-state index in [-0.39, 0.29) is 59.8 Å². The van der Waals surface area contributed by atoms with Crippen molar-refractivity contribution in [3.8, 4) is 5.75 Å². The zero-order valence-electron chi connectivity index (χ0n) is 21.9. The molecular weight excluding hydrogens is 547 g/mol. The van der Waals surface area contributed by atoms with Gasteiger partial charge in [-0.1, -0.05) is 42.5 Å². The Morgan fingerprint density at radius 2 is 1.69 bits per heavy atom.